The molecule has 0 fully saturated rings. The zero-order valence-corrected chi connectivity index (χ0v) is 22.6. The molecule has 0 aliphatic heterocycles. The minimum Gasteiger partial charge on any atom is -0.306 e. The second kappa shape index (κ2) is 10.2. The molecule has 0 atom stereocenters. The largest absolute Gasteiger partial charge is 0.306 e. The molecule has 7 nitrogen and oxygen atoms in total. The number of thiophene rings is 1. The number of anilines is 1. The van der Waals surface area contributed by atoms with Crippen LogP contribution in [0.3, 0.4) is 0 Å². The van der Waals surface area contributed by atoms with Crippen LogP contribution in [0.4, 0.5) is 5.82 Å². The van der Waals surface area contributed by atoms with Crippen molar-refractivity contribution >= 4 is 23.1 Å². The Kier molecular flexibility index (Phi) is 6.82. The van der Waals surface area contributed by atoms with Crippen LogP contribution in [0.15, 0.2) is 83.0 Å². The SMILES string of the molecule is Cc1nc(-n2nc(-c3cccs3)cc2NC(=O)c2ccc(C(C)(C)C)cc2)[nH]c(=O)c1Cc1ccccc1. The summed E-state index contributed by atoms with van der Waals surface area (Å²) in [6.07, 6.45) is 0.475. The van der Waals surface area contributed by atoms with Crippen molar-refractivity contribution in [2.45, 2.75) is 39.5 Å². The highest BCUT2D eigenvalue weighted by Gasteiger charge is 2.19. The van der Waals surface area contributed by atoms with Gasteiger partial charge in [0, 0.05) is 23.6 Å². The Bertz CT molecular complexity index is 1630. The Balaban J connectivity index is 1.50. The molecular weight excluding hydrogens is 494 g/mol. The Morgan fingerprint density at radius 2 is 1.76 bits per heavy atom. The van der Waals surface area contributed by atoms with Gasteiger partial charge in [-0.05, 0) is 47.0 Å². The predicted octanol–water partition coefficient (Wildman–Crippen LogP) is 6.13. The lowest BCUT2D eigenvalue weighted by Gasteiger charge is -2.19. The molecule has 3 aromatic heterocycles. The van der Waals surface area contributed by atoms with Crippen molar-refractivity contribution in [2.75, 3.05) is 5.32 Å². The third-order valence-corrected chi connectivity index (χ3v) is 7.26. The van der Waals surface area contributed by atoms with Crippen LogP contribution in [-0.2, 0) is 11.8 Å². The average Bonchev–Trinajstić information content (AvgIpc) is 3.57. The Morgan fingerprint density at radius 1 is 1.03 bits per heavy atom. The van der Waals surface area contributed by atoms with Crippen molar-refractivity contribution in [3.8, 4) is 16.5 Å². The zero-order chi connectivity index (χ0) is 26.9. The molecule has 0 aliphatic rings. The number of aromatic nitrogens is 4. The Labute approximate surface area is 225 Å². The summed E-state index contributed by atoms with van der Waals surface area (Å²) in [6.45, 7) is 8.21. The standard InChI is InChI=1S/C30H29N5O2S/c1-19-23(17-20-9-6-5-7-10-20)28(37)33-29(31-19)35-26(18-24(34-35)25-11-8-16-38-25)32-27(36)21-12-14-22(15-13-21)30(2,3)4/h5-16,18H,17H2,1-4H3,(H,32,36)(H,31,33,37). The van der Waals surface area contributed by atoms with E-state index in [0.717, 1.165) is 16.0 Å². The summed E-state index contributed by atoms with van der Waals surface area (Å²) < 4.78 is 1.48. The molecule has 0 aliphatic carbocycles. The number of amides is 1. The van der Waals surface area contributed by atoms with Crippen molar-refractivity contribution in [1.82, 2.24) is 19.7 Å². The van der Waals surface area contributed by atoms with E-state index in [1.54, 1.807) is 17.4 Å². The molecule has 0 bridgehead atoms. The number of nitrogens with one attached hydrogen (secondary N) is 2. The van der Waals surface area contributed by atoms with Gasteiger partial charge < -0.3 is 5.32 Å². The van der Waals surface area contributed by atoms with Gasteiger partial charge in [-0.2, -0.15) is 9.78 Å². The van der Waals surface area contributed by atoms with E-state index in [4.69, 9.17) is 5.10 Å². The van der Waals surface area contributed by atoms with Crippen molar-refractivity contribution in [1.29, 1.82) is 0 Å². The molecule has 1 amide bonds. The number of rotatable bonds is 6. The van der Waals surface area contributed by atoms with E-state index in [-0.39, 0.29) is 22.8 Å². The summed E-state index contributed by atoms with van der Waals surface area (Å²) in [5, 5.41) is 9.62. The Hall–Kier alpha value is -4.30. The fraction of sp³-hybridized carbons (Fsp3) is 0.200. The number of hydrogen-bond donors (Lipinski definition) is 2. The maximum atomic E-state index is 13.2. The summed E-state index contributed by atoms with van der Waals surface area (Å²) in [6, 6.07) is 23.1. The van der Waals surface area contributed by atoms with Gasteiger partial charge in [0.1, 0.15) is 11.5 Å². The zero-order valence-electron chi connectivity index (χ0n) is 21.8. The number of H-pyrrole nitrogens is 1. The van der Waals surface area contributed by atoms with Gasteiger partial charge in [-0.1, -0.05) is 69.3 Å². The molecule has 8 heteroatoms. The highest BCUT2D eigenvalue weighted by molar-refractivity contribution is 7.13. The van der Waals surface area contributed by atoms with Crippen LogP contribution in [0.1, 0.15) is 53.5 Å². The number of benzene rings is 2. The fourth-order valence-corrected chi connectivity index (χ4v) is 4.87. The molecule has 3 heterocycles. The van der Waals surface area contributed by atoms with Gasteiger partial charge in [-0.25, -0.2) is 4.98 Å². The van der Waals surface area contributed by atoms with E-state index in [9.17, 15) is 9.59 Å². The van der Waals surface area contributed by atoms with E-state index >= 15 is 0 Å². The van der Waals surface area contributed by atoms with Gasteiger partial charge >= 0.3 is 0 Å². The molecule has 5 aromatic rings. The quantitative estimate of drug-likeness (QED) is 0.280. The molecule has 0 spiro atoms. The van der Waals surface area contributed by atoms with Crippen LogP contribution in [-0.4, -0.2) is 25.7 Å². The Morgan fingerprint density at radius 3 is 2.39 bits per heavy atom. The lowest BCUT2D eigenvalue weighted by Crippen LogP contribution is -2.22. The number of carbonyl (C=O) groups excluding carboxylic acids is 1. The minimum absolute atomic E-state index is 0.00862. The molecule has 192 valence electrons. The summed E-state index contributed by atoms with van der Waals surface area (Å²) in [5.74, 6) is 0.381. The molecule has 0 saturated carbocycles. The third-order valence-electron chi connectivity index (χ3n) is 6.37. The molecular formula is C30H29N5O2S. The fourth-order valence-electron chi connectivity index (χ4n) is 4.19. The minimum atomic E-state index is -0.274. The van der Waals surface area contributed by atoms with Crippen molar-refractivity contribution < 1.29 is 4.79 Å². The smallest absolute Gasteiger partial charge is 0.256 e. The summed E-state index contributed by atoms with van der Waals surface area (Å²) in [7, 11) is 0. The van der Waals surface area contributed by atoms with Crippen LogP contribution in [0.5, 0.6) is 0 Å². The first-order chi connectivity index (χ1) is 18.2. The van der Waals surface area contributed by atoms with Gasteiger partial charge in [-0.15, -0.1) is 11.3 Å². The number of aryl methyl sites for hydroxylation is 1. The first-order valence-corrected chi connectivity index (χ1v) is 13.3. The second-order valence-corrected chi connectivity index (χ2v) is 11.1. The number of aromatic amines is 1. The second-order valence-electron chi connectivity index (χ2n) is 10.2. The molecule has 2 N–H and O–H groups in total. The maximum Gasteiger partial charge on any atom is 0.256 e. The maximum absolute atomic E-state index is 13.2. The summed E-state index contributed by atoms with van der Waals surface area (Å²) >= 11 is 1.54. The predicted molar refractivity (Wildman–Crippen MR) is 152 cm³/mol. The lowest BCUT2D eigenvalue weighted by atomic mass is 9.87. The van der Waals surface area contributed by atoms with Gasteiger partial charge in [0.15, 0.2) is 0 Å². The average molecular weight is 524 g/mol. The molecule has 38 heavy (non-hydrogen) atoms. The summed E-state index contributed by atoms with van der Waals surface area (Å²) in [4.78, 5) is 34.8. The van der Waals surface area contributed by atoms with Crippen molar-refractivity contribution in [3.63, 3.8) is 0 Å². The van der Waals surface area contributed by atoms with Crippen LogP contribution in [0.2, 0.25) is 0 Å². The van der Waals surface area contributed by atoms with Gasteiger partial charge in [0.25, 0.3) is 11.5 Å². The normalized spacial score (nSPS) is 11.5. The van der Waals surface area contributed by atoms with E-state index < -0.39 is 0 Å². The highest BCUT2D eigenvalue weighted by Crippen LogP contribution is 2.28. The molecule has 5 rings (SSSR count). The lowest BCUT2D eigenvalue weighted by molar-refractivity contribution is 0.102. The van der Waals surface area contributed by atoms with Crippen LogP contribution >= 0.6 is 11.3 Å². The van der Waals surface area contributed by atoms with Crippen LogP contribution in [0, 0.1) is 6.92 Å². The number of carbonyl (C=O) groups is 1. The molecule has 0 radical (unpaired) electrons. The topological polar surface area (TPSA) is 92.7 Å². The summed E-state index contributed by atoms with van der Waals surface area (Å²) in [5.41, 5.74) is 4.33. The van der Waals surface area contributed by atoms with Crippen molar-refractivity contribution in [3.05, 3.63) is 116 Å². The van der Waals surface area contributed by atoms with E-state index in [2.05, 4.69) is 36.1 Å². The number of nitrogens with zero attached hydrogens (tertiary/aromatic N) is 3. The molecule has 0 unspecified atom stereocenters. The monoisotopic (exact) mass is 523 g/mol. The van der Waals surface area contributed by atoms with Gasteiger partial charge in [0.2, 0.25) is 5.95 Å². The van der Waals surface area contributed by atoms with Gasteiger partial charge in [-0.3, -0.25) is 14.6 Å². The first-order valence-electron chi connectivity index (χ1n) is 12.4. The highest BCUT2D eigenvalue weighted by atomic mass is 32.1. The van der Waals surface area contributed by atoms with Crippen LogP contribution < -0.4 is 10.9 Å². The number of hydrogen-bond acceptors (Lipinski definition) is 5. The van der Waals surface area contributed by atoms with E-state index in [1.165, 1.54) is 4.68 Å². The molecule has 2 aromatic carbocycles. The van der Waals surface area contributed by atoms with Crippen LogP contribution in [0.25, 0.3) is 16.5 Å². The van der Waals surface area contributed by atoms with E-state index in [0.29, 0.717) is 34.8 Å². The third kappa shape index (κ3) is 5.35. The molecule has 0 saturated heterocycles. The first kappa shape index (κ1) is 25.4. The van der Waals surface area contributed by atoms with Crippen molar-refractivity contribution in [2.24, 2.45) is 0 Å². The van der Waals surface area contributed by atoms with Gasteiger partial charge in [0.05, 0.1) is 10.6 Å². The van der Waals surface area contributed by atoms with E-state index in [1.807, 2.05) is 79.0 Å².